The molecule has 3 heteroatoms. The highest BCUT2D eigenvalue weighted by Gasteiger charge is 2.26. The lowest BCUT2D eigenvalue weighted by molar-refractivity contribution is 0.585. The van der Waals surface area contributed by atoms with Crippen LogP contribution in [0.1, 0.15) is 45.7 Å². The van der Waals surface area contributed by atoms with Crippen LogP contribution in [-0.4, -0.2) is 0 Å². The Labute approximate surface area is 102 Å². The van der Waals surface area contributed by atoms with E-state index >= 15 is 0 Å². The second kappa shape index (κ2) is 4.29. The fourth-order valence-electron chi connectivity index (χ4n) is 1.64. The lowest BCUT2D eigenvalue weighted by Crippen LogP contribution is -2.17. The molecule has 0 aliphatic carbocycles. The van der Waals surface area contributed by atoms with E-state index in [1.54, 1.807) is 19.9 Å². The Hall–Kier alpha value is -1.69. The maximum absolute atomic E-state index is 10.8. The zero-order valence-corrected chi connectivity index (χ0v) is 11.0. The van der Waals surface area contributed by atoms with Crippen LogP contribution in [0.3, 0.4) is 0 Å². The van der Waals surface area contributed by atoms with Crippen molar-refractivity contribution < 1.29 is 0 Å². The highest BCUT2D eigenvalue weighted by molar-refractivity contribution is 5.54. The first kappa shape index (κ1) is 13.4. The van der Waals surface area contributed by atoms with Gasteiger partial charge < -0.3 is 0 Å². The number of nitroso groups, excluding NO2 is 1. The predicted molar refractivity (Wildman–Crippen MR) is 69.2 cm³/mol. The van der Waals surface area contributed by atoms with Gasteiger partial charge in [0.2, 0.25) is 0 Å². The second-order valence-corrected chi connectivity index (χ2v) is 5.81. The summed E-state index contributed by atoms with van der Waals surface area (Å²) in [7, 11) is 0. The monoisotopic (exact) mass is 230 g/mol. The van der Waals surface area contributed by atoms with E-state index in [1.165, 1.54) is 0 Å². The maximum Gasteiger partial charge on any atom is 0.112 e. The molecule has 0 fully saturated rings. The number of nitrogens with zero attached hydrogens (tertiary/aromatic N) is 2. The molecule has 0 amide bonds. The summed E-state index contributed by atoms with van der Waals surface area (Å²) in [6.07, 6.45) is 0. The first-order valence-corrected chi connectivity index (χ1v) is 5.62. The third-order valence-corrected chi connectivity index (χ3v) is 2.91. The van der Waals surface area contributed by atoms with Gasteiger partial charge in [-0.25, -0.2) is 0 Å². The van der Waals surface area contributed by atoms with Gasteiger partial charge in [0.15, 0.2) is 0 Å². The lowest BCUT2D eigenvalue weighted by atomic mass is 9.79. The maximum atomic E-state index is 10.8. The van der Waals surface area contributed by atoms with Crippen molar-refractivity contribution in [3.8, 4) is 6.07 Å². The van der Waals surface area contributed by atoms with E-state index in [-0.39, 0.29) is 5.41 Å². The first-order valence-electron chi connectivity index (χ1n) is 5.62. The van der Waals surface area contributed by atoms with Gasteiger partial charge in [-0.05, 0) is 36.1 Å². The minimum absolute atomic E-state index is 0.0122. The molecule has 0 heterocycles. The Morgan fingerprint density at radius 3 is 2.18 bits per heavy atom. The quantitative estimate of drug-likeness (QED) is 0.715. The van der Waals surface area contributed by atoms with Crippen LogP contribution in [0.2, 0.25) is 0 Å². The topological polar surface area (TPSA) is 53.2 Å². The van der Waals surface area contributed by atoms with Gasteiger partial charge in [0, 0.05) is 5.56 Å². The molecular weight excluding hydrogens is 212 g/mol. The number of benzene rings is 1. The van der Waals surface area contributed by atoms with Crippen molar-refractivity contribution in [2.45, 2.75) is 45.4 Å². The molecule has 0 aliphatic heterocycles. The highest BCUT2D eigenvalue weighted by Crippen LogP contribution is 2.35. The van der Waals surface area contributed by atoms with Crippen LogP contribution in [0.25, 0.3) is 0 Å². The van der Waals surface area contributed by atoms with Gasteiger partial charge in [0.05, 0.1) is 11.5 Å². The van der Waals surface area contributed by atoms with Crippen molar-refractivity contribution in [2.24, 2.45) is 5.18 Å². The van der Waals surface area contributed by atoms with Crippen molar-refractivity contribution in [3.63, 3.8) is 0 Å². The minimum atomic E-state index is -0.704. The summed E-state index contributed by atoms with van der Waals surface area (Å²) in [6.45, 7) is 9.88. The fraction of sp³-hybridized carbons (Fsp3) is 0.500. The molecular formula is C14H18N2O. The number of hydrogen-bond acceptors (Lipinski definition) is 3. The third-order valence-electron chi connectivity index (χ3n) is 2.91. The molecule has 0 aliphatic rings. The van der Waals surface area contributed by atoms with E-state index in [2.05, 4.69) is 32.0 Å². The van der Waals surface area contributed by atoms with E-state index < -0.39 is 5.41 Å². The van der Waals surface area contributed by atoms with Crippen molar-refractivity contribution in [1.29, 1.82) is 5.26 Å². The van der Waals surface area contributed by atoms with Crippen molar-refractivity contribution in [2.75, 3.05) is 0 Å². The lowest BCUT2D eigenvalue weighted by Gasteiger charge is -2.23. The Kier molecular flexibility index (Phi) is 3.38. The molecule has 17 heavy (non-hydrogen) atoms. The molecule has 1 aromatic carbocycles. The van der Waals surface area contributed by atoms with E-state index in [9.17, 15) is 4.91 Å². The van der Waals surface area contributed by atoms with Crippen LogP contribution in [-0.2, 0) is 10.8 Å². The highest BCUT2D eigenvalue weighted by atomic mass is 16.3. The minimum Gasteiger partial charge on any atom is -0.197 e. The molecule has 90 valence electrons. The van der Waals surface area contributed by atoms with Crippen molar-refractivity contribution in [3.05, 3.63) is 34.2 Å². The first-order chi connectivity index (χ1) is 7.72. The summed E-state index contributed by atoms with van der Waals surface area (Å²) in [5.41, 5.74) is 1.43. The molecule has 0 saturated heterocycles. The van der Waals surface area contributed by atoms with Crippen molar-refractivity contribution >= 4 is 5.69 Å². The van der Waals surface area contributed by atoms with Crippen LogP contribution in [0, 0.1) is 16.2 Å². The van der Waals surface area contributed by atoms with Gasteiger partial charge in [-0.1, -0.05) is 32.9 Å². The Morgan fingerprint density at radius 1 is 1.18 bits per heavy atom. The average molecular weight is 230 g/mol. The molecule has 0 aromatic heterocycles. The standard InChI is InChI=1S/C14H18N2O/c1-13(2,3)10-6-7-12(16-17)11(8-10)14(4,5)9-15/h6-8H,1-5H3. The summed E-state index contributed by atoms with van der Waals surface area (Å²) in [5.74, 6) is 0. The van der Waals surface area contributed by atoms with Gasteiger partial charge in [-0.3, -0.25) is 0 Å². The van der Waals surface area contributed by atoms with Gasteiger partial charge in [-0.2, -0.15) is 5.26 Å². The predicted octanol–water partition coefficient (Wildman–Crippen LogP) is 4.18. The Balaban J connectivity index is 3.47. The molecule has 1 aromatic rings. The summed E-state index contributed by atoms with van der Waals surface area (Å²) >= 11 is 0. The third kappa shape index (κ3) is 2.71. The normalized spacial score (nSPS) is 12.0. The van der Waals surface area contributed by atoms with Gasteiger partial charge >= 0.3 is 0 Å². The Bertz CT molecular complexity index is 476. The molecule has 0 bridgehead atoms. The van der Waals surface area contributed by atoms with Gasteiger partial charge in [0.25, 0.3) is 0 Å². The van der Waals surface area contributed by atoms with Crippen molar-refractivity contribution in [1.82, 2.24) is 0 Å². The van der Waals surface area contributed by atoms with E-state index in [4.69, 9.17) is 5.26 Å². The van der Waals surface area contributed by atoms with Crippen LogP contribution < -0.4 is 0 Å². The molecule has 0 spiro atoms. The van der Waals surface area contributed by atoms with Gasteiger partial charge in [-0.15, -0.1) is 4.91 Å². The summed E-state index contributed by atoms with van der Waals surface area (Å²) in [4.78, 5) is 10.8. The number of hydrogen-bond donors (Lipinski definition) is 0. The number of nitriles is 1. The van der Waals surface area contributed by atoms with Crippen LogP contribution in [0.4, 0.5) is 5.69 Å². The number of rotatable bonds is 2. The molecule has 3 nitrogen and oxygen atoms in total. The molecule has 0 unspecified atom stereocenters. The van der Waals surface area contributed by atoms with E-state index in [0.29, 0.717) is 11.3 Å². The van der Waals surface area contributed by atoms with E-state index in [1.807, 2.05) is 12.1 Å². The molecule has 0 radical (unpaired) electrons. The van der Waals surface area contributed by atoms with Crippen LogP contribution in [0.15, 0.2) is 23.4 Å². The molecule has 1 rings (SSSR count). The summed E-state index contributed by atoms with van der Waals surface area (Å²) in [5, 5.41) is 12.2. The zero-order chi connectivity index (χ0) is 13.3. The largest absolute Gasteiger partial charge is 0.197 e. The summed E-state index contributed by atoms with van der Waals surface area (Å²) in [6, 6.07) is 7.72. The smallest absolute Gasteiger partial charge is 0.112 e. The Morgan fingerprint density at radius 2 is 1.76 bits per heavy atom. The van der Waals surface area contributed by atoms with Gasteiger partial charge in [0.1, 0.15) is 5.69 Å². The second-order valence-electron chi connectivity index (χ2n) is 5.81. The van der Waals surface area contributed by atoms with Crippen LogP contribution in [0.5, 0.6) is 0 Å². The van der Waals surface area contributed by atoms with Crippen LogP contribution >= 0.6 is 0 Å². The zero-order valence-electron chi connectivity index (χ0n) is 11.0. The van der Waals surface area contributed by atoms with E-state index in [0.717, 1.165) is 5.56 Å². The SMILES string of the molecule is CC(C)(C)c1ccc(N=O)c(C(C)(C)C#N)c1. The summed E-state index contributed by atoms with van der Waals surface area (Å²) < 4.78 is 0. The molecule has 0 atom stereocenters. The average Bonchev–Trinajstić information content (AvgIpc) is 2.27. The molecule has 0 N–H and O–H groups in total. The fourth-order valence-corrected chi connectivity index (χ4v) is 1.64. The molecule has 0 saturated carbocycles.